The number of rotatable bonds is 3. The van der Waals surface area contributed by atoms with Crippen LogP contribution in [0, 0.1) is 19.3 Å². The van der Waals surface area contributed by atoms with Gasteiger partial charge in [0.2, 0.25) is 0 Å². The van der Waals surface area contributed by atoms with Crippen molar-refractivity contribution in [3.05, 3.63) is 45.3 Å². The molecule has 3 heterocycles. The molecule has 1 aromatic carbocycles. The summed E-state index contributed by atoms with van der Waals surface area (Å²) in [5.74, 6) is 0. The molecule has 26 heavy (non-hydrogen) atoms. The van der Waals surface area contributed by atoms with Gasteiger partial charge >= 0.3 is 5.63 Å². The van der Waals surface area contributed by atoms with Crippen LogP contribution in [-0.4, -0.2) is 37.2 Å². The van der Waals surface area contributed by atoms with Crippen LogP contribution in [0.4, 0.5) is 0 Å². The van der Waals surface area contributed by atoms with E-state index in [1.165, 1.54) is 5.56 Å². The second-order valence-electron chi connectivity index (χ2n) is 8.20. The third-order valence-electron chi connectivity index (χ3n) is 6.12. The van der Waals surface area contributed by atoms with Gasteiger partial charge in [-0.1, -0.05) is 6.07 Å². The van der Waals surface area contributed by atoms with E-state index in [1.807, 2.05) is 6.92 Å². The molecule has 1 spiro atoms. The first-order chi connectivity index (χ1) is 12.5. The van der Waals surface area contributed by atoms with Crippen molar-refractivity contribution in [2.24, 2.45) is 11.1 Å². The van der Waals surface area contributed by atoms with E-state index < -0.39 is 0 Å². The summed E-state index contributed by atoms with van der Waals surface area (Å²) in [6.07, 6.45) is 3.60. The molecule has 1 aromatic heterocycles. The van der Waals surface area contributed by atoms with E-state index in [0.29, 0.717) is 12.0 Å². The van der Waals surface area contributed by atoms with Gasteiger partial charge in [-0.15, -0.1) is 0 Å². The number of nitrogens with two attached hydrogens (primary N) is 1. The molecule has 2 fully saturated rings. The van der Waals surface area contributed by atoms with Gasteiger partial charge in [-0.3, -0.25) is 4.90 Å². The number of ether oxygens (including phenoxy) is 1. The lowest BCUT2D eigenvalue weighted by Crippen LogP contribution is -2.40. The average Bonchev–Trinajstić information content (AvgIpc) is 3.01. The first kappa shape index (κ1) is 17.7. The highest BCUT2D eigenvalue weighted by molar-refractivity contribution is 5.83. The molecule has 5 heteroatoms. The van der Waals surface area contributed by atoms with Gasteiger partial charge in [-0.25, -0.2) is 4.79 Å². The molecular weight excluding hydrogens is 328 g/mol. The summed E-state index contributed by atoms with van der Waals surface area (Å²) in [4.78, 5) is 14.5. The third-order valence-corrected chi connectivity index (χ3v) is 6.12. The predicted octanol–water partition coefficient (Wildman–Crippen LogP) is 2.74. The van der Waals surface area contributed by atoms with Crippen molar-refractivity contribution in [2.45, 2.75) is 45.8 Å². The maximum absolute atomic E-state index is 12.0. The number of aryl methyl sites for hydroxylation is 2. The van der Waals surface area contributed by atoms with Crippen LogP contribution in [0.15, 0.2) is 27.4 Å². The molecule has 0 aliphatic carbocycles. The van der Waals surface area contributed by atoms with Crippen molar-refractivity contribution >= 4 is 11.0 Å². The molecule has 2 aliphatic heterocycles. The smallest absolute Gasteiger partial charge is 0.336 e. The molecule has 5 nitrogen and oxygen atoms in total. The Morgan fingerprint density at radius 3 is 2.69 bits per heavy atom. The highest BCUT2D eigenvalue weighted by Gasteiger charge is 2.41. The lowest BCUT2D eigenvalue weighted by atomic mass is 9.76. The lowest BCUT2D eigenvalue weighted by molar-refractivity contribution is 0.0649. The van der Waals surface area contributed by atoms with E-state index >= 15 is 0 Å². The molecule has 0 radical (unpaired) electrons. The van der Waals surface area contributed by atoms with Gasteiger partial charge in [0.1, 0.15) is 5.58 Å². The molecule has 4 rings (SSSR count). The minimum Gasteiger partial charge on any atom is -0.422 e. The Balaban J connectivity index is 1.53. The summed E-state index contributed by atoms with van der Waals surface area (Å²) in [5, 5.41) is 1.06. The van der Waals surface area contributed by atoms with Crippen LogP contribution in [-0.2, 0) is 11.3 Å². The van der Waals surface area contributed by atoms with Gasteiger partial charge in [0.05, 0.1) is 12.7 Å². The quantitative estimate of drug-likeness (QED) is 0.857. The van der Waals surface area contributed by atoms with Crippen LogP contribution in [0.5, 0.6) is 0 Å². The van der Waals surface area contributed by atoms with Crippen molar-refractivity contribution in [3.63, 3.8) is 0 Å². The minimum absolute atomic E-state index is 0.232. The van der Waals surface area contributed by atoms with E-state index in [1.54, 1.807) is 6.07 Å². The maximum Gasteiger partial charge on any atom is 0.336 e. The molecular formula is C21H28N2O3. The fraction of sp³-hybridized carbons (Fsp3) is 0.571. The largest absolute Gasteiger partial charge is 0.422 e. The highest BCUT2D eigenvalue weighted by atomic mass is 16.5. The van der Waals surface area contributed by atoms with Crippen molar-refractivity contribution in [3.8, 4) is 0 Å². The number of piperidine rings is 1. The number of nitrogens with zero attached hydrogens (tertiary/aromatic N) is 1. The van der Waals surface area contributed by atoms with Crippen LogP contribution in [0.3, 0.4) is 0 Å². The van der Waals surface area contributed by atoms with Crippen molar-refractivity contribution in [1.29, 1.82) is 0 Å². The Morgan fingerprint density at radius 2 is 2.00 bits per heavy atom. The summed E-state index contributed by atoms with van der Waals surface area (Å²) in [7, 11) is 0. The van der Waals surface area contributed by atoms with E-state index in [0.717, 1.165) is 67.6 Å². The van der Waals surface area contributed by atoms with E-state index in [9.17, 15) is 4.79 Å². The van der Waals surface area contributed by atoms with Gasteiger partial charge in [0.25, 0.3) is 0 Å². The van der Waals surface area contributed by atoms with Gasteiger partial charge < -0.3 is 14.9 Å². The van der Waals surface area contributed by atoms with Crippen molar-refractivity contribution in [2.75, 3.05) is 26.2 Å². The first-order valence-corrected chi connectivity index (χ1v) is 9.56. The molecule has 0 bridgehead atoms. The summed E-state index contributed by atoms with van der Waals surface area (Å²) in [5.41, 5.74) is 9.83. The minimum atomic E-state index is -0.261. The fourth-order valence-electron chi connectivity index (χ4n) is 4.63. The highest BCUT2D eigenvalue weighted by Crippen LogP contribution is 2.42. The Hall–Kier alpha value is -1.69. The summed E-state index contributed by atoms with van der Waals surface area (Å²) in [6, 6.07) is 5.85. The average molecular weight is 356 g/mol. The van der Waals surface area contributed by atoms with Gasteiger partial charge in [0.15, 0.2) is 0 Å². The van der Waals surface area contributed by atoms with Crippen LogP contribution < -0.4 is 11.4 Å². The standard InChI is InChI=1S/C21H28N2O3/c1-14-7-15(2)20-18(8-14)16(9-19(24)26-20)12-23-5-3-21(4-6-23)10-17(11-22)25-13-21/h7-9,17H,3-6,10-13,22H2,1-2H3. The number of hydrogen-bond donors (Lipinski definition) is 1. The number of fused-ring (bicyclic) bond motifs is 1. The predicted molar refractivity (Wildman–Crippen MR) is 102 cm³/mol. The number of likely N-dealkylation sites (tertiary alicyclic amines) is 1. The Bertz CT molecular complexity index is 865. The molecule has 0 saturated carbocycles. The lowest BCUT2D eigenvalue weighted by Gasteiger charge is -2.38. The molecule has 2 aliphatic rings. The molecule has 1 unspecified atom stereocenters. The van der Waals surface area contributed by atoms with E-state index in [-0.39, 0.29) is 11.7 Å². The Kier molecular flexibility index (Phi) is 4.63. The summed E-state index contributed by atoms with van der Waals surface area (Å²) < 4.78 is 11.3. The van der Waals surface area contributed by atoms with Gasteiger partial charge in [-0.2, -0.15) is 0 Å². The second-order valence-corrected chi connectivity index (χ2v) is 8.20. The van der Waals surface area contributed by atoms with Crippen LogP contribution >= 0.6 is 0 Å². The molecule has 140 valence electrons. The van der Waals surface area contributed by atoms with Crippen LogP contribution in [0.25, 0.3) is 11.0 Å². The fourth-order valence-corrected chi connectivity index (χ4v) is 4.63. The van der Waals surface area contributed by atoms with E-state index in [2.05, 4.69) is 24.0 Å². The number of benzene rings is 1. The zero-order valence-corrected chi connectivity index (χ0v) is 15.7. The number of hydrogen-bond acceptors (Lipinski definition) is 5. The third kappa shape index (κ3) is 3.31. The molecule has 2 saturated heterocycles. The molecule has 0 amide bonds. The van der Waals surface area contributed by atoms with Crippen molar-refractivity contribution in [1.82, 2.24) is 4.90 Å². The summed E-state index contributed by atoms with van der Waals surface area (Å²) in [6.45, 7) is 8.41. The maximum atomic E-state index is 12.0. The van der Waals surface area contributed by atoms with Crippen LogP contribution in [0.2, 0.25) is 0 Å². The molecule has 2 N–H and O–H groups in total. The van der Waals surface area contributed by atoms with E-state index in [4.69, 9.17) is 14.9 Å². The zero-order chi connectivity index (χ0) is 18.3. The Morgan fingerprint density at radius 1 is 1.23 bits per heavy atom. The molecule has 2 aromatic rings. The molecule has 1 atom stereocenters. The van der Waals surface area contributed by atoms with Gasteiger partial charge in [0, 0.05) is 24.5 Å². The normalized spacial score (nSPS) is 23.1. The first-order valence-electron chi connectivity index (χ1n) is 9.56. The topological polar surface area (TPSA) is 68.7 Å². The summed E-state index contributed by atoms with van der Waals surface area (Å²) >= 11 is 0. The Labute approximate surface area is 154 Å². The second kappa shape index (κ2) is 6.80. The monoisotopic (exact) mass is 356 g/mol. The zero-order valence-electron chi connectivity index (χ0n) is 15.7. The van der Waals surface area contributed by atoms with Crippen molar-refractivity contribution < 1.29 is 9.15 Å². The SMILES string of the molecule is Cc1cc(C)c2oc(=O)cc(CN3CCC4(CC3)COC(CN)C4)c2c1. The van der Waals surface area contributed by atoms with Gasteiger partial charge in [-0.05, 0) is 74.4 Å². The van der Waals surface area contributed by atoms with Crippen LogP contribution in [0.1, 0.15) is 36.0 Å².